The number of hydrogen-bond donors (Lipinski definition) is 2. The molecule has 136 valence electrons. The lowest BCUT2D eigenvalue weighted by Crippen LogP contribution is -2.35. The van der Waals surface area contributed by atoms with Gasteiger partial charge in [0.05, 0.1) is 11.9 Å². The second-order valence-corrected chi connectivity index (χ2v) is 6.82. The fourth-order valence-electron chi connectivity index (χ4n) is 2.62. The molecule has 0 aliphatic rings. The van der Waals surface area contributed by atoms with Crippen molar-refractivity contribution in [1.82, 2.24) is 19.5 Å². The summed E-state index contributed by atoms with van der Waals surface area (Å²) in [6, 6.07) is 10.7. The molecule has 0 radical (unpaired) electrons. The lowest BCUT2D eigenvalue weighted by molar-refractivity contribution is 0.0478. The van der Waals surface area contributed by atoms with Crippen molar-refractivity contribution in [3.8, 4) is 0 Å². The number of benzene rings is 1. The molecule has 3 heterocycles. The standard InChI is InChI=1S/C18H14N4O4S/c23-16-12-8-13(17(24)26-10-11-4-2-1-3-5-11)27-15(12)21-18(25)22(16)9-14-19-6-7-20-14/h1-8H,9-10H2,(H,19,20)(H,21,25). The highest BCUT2D eigenvalue weighted by atomic mass is 32.1. The van der Waals surface area contributed by atoms with Crippen molar-refractivity contribution >= 4 is 27.5 Å². The Labute approximate surface area is 156 Å². The molecular formula is C18H14N4O4S. The number of nitrogens with one attached hydrogen (secondary N) is 2. The highest BCUT2D eigenvalue weighted by Gasteiger charge is 2.17. The summed E-state index contributed by atoms with van der Waals surface area (Å²) in [5.74, 6) is -0.0578. The number of hydrogen-bond acceptors (Lipinski definition) is 6. The van der Waals surface area contributed by atoms with Gasteiger partial charge in [-0.15, -0.1) is 11.3 Å². The van der Waals surface area contributed by atoms with E-state index in [4.69, 9.17) is 4.74 Å². The van der Waals surface area contributed by atoms with Crippen LogP contribution in [0.5, 0.6) is 0 Å². The maximum Gasteiger partial charge on any atom is 0.348 e. The summed E-state index contributed by atoms with van der Waals surface area (Å²) in [5.41, 5.74) is -0.181. The minimum absolute atomic E-state index is 0.0146. The van der Waals surface area contributed by atoms with Gasteiger partial charge in [0.15, 0.2) is 0 Å². The number of ether oxygens (including phenoxy) is 1. The quantitative estimate of drug-likeness (QED) is 0.512. The molecule has 0 amide bonds. The topological polar surface area (TPSA) is 110 Å². The van der Waals surface area contributed by atoms with Crippen LogP contribution in [0.15, 0.2) is 58.4 Å². The van der Waals surface area contributed by atoms with Gasteiger partial charge < -0.3 is 9.72 Å². The van der Waals surface area contributed by atoms with Gasteiger partial charge >= 0.3 is 11.7 Å². The van der Waals surface area contributed by atoms with Gasteiger partial charge in [-0.1, -0.05) is 30.3 Å². The first-order valence-electron chi connectivity index (χ1n) is 8.08. The van der Waals surface area contributed by atoms with E-state index in [1.165, 1.54) is 6.07 Å². The molecule has 8 nitrogen and oxygen atoms in total. The molecule has 4 aromatic rings. The Bertz CT molecular complexity index is 1210. The smallest absolute Gasteiger partial charge is 0.348 e. The van der Waals surface area contributed by atoms with Crippen molar-refractivity contribution in [3.05, 3.63) is 85.9 Å². The first-order chi connectivity index (χ1) is 13.1. The maximum absolute atomic E-state index is 12.6. The molecular weight excluding hydrogens is 368 g/mol. The largest absolute Gasteiger partial charge is 0.457 e. The van der Waals surface area contributed by atoms with E-state index in [0.29, 0.717) is 10.7 Å². The summed E-state index contributed by atoms with van der Waals surface area (Å²) in [6.45, 7) is 0.147. The predicted molar refractivity (Wildman–Crippen MR) is 100.0 cm³/mol. The van der Waals surface area contributed by atoms with Crippen LogP contribution < -0.4 is 11.2 Å². The Kier molecular flexibility index (Phi) is 4.43. The van der Waals surface area contributed by atoms with Gasteiger partial charge in [-0.3, -0.25) is 14.3 Å². The van der Waals surface area contributed by atoms with Crippen LogP contribution in [0.2, 0.25) is 0 Å². The molecule has 1 aromatic carbocycles. The lowest BCUT2D eigenvalue weighted by Gasteiger charge is -2.02. The Morgan fingerprint density at radius 1 is 1.22 bits per heavy atom. The van der Waals surface area contributed by atoms with Crippen molar-refractivity contribution in [1.29, 1.82) is 0 Å². The Balaban J connectivity index is 1.62. The van der Waals surface area contributed by atoms with Crippen molar-refractivity contribution in [2.75, 3.05) is 0 Å². The summed E-state index contributed by atoms with van der Waals surface area (Å²) in [6.07, 6.45) is 3.15. The molecule has 0 aliphatic carbocycles. The average molecular weight is 382 g/mol. The Morgan fingerprint density at radius 3 is 2.78 bits per heavy atom. The van der Waals surface area contributed by atoms with E-state index in [0.717, 1.165) is 21.5 Å². The summed E-state index contributed by atoms with van der Waals surface area (Å²) in [7, 11) is 0. The minimum atomic E-state index is -0.560. The van der Waals surface area contributed by atoms with Crippen molar-refractivity contribution in [2.24, 2.45) is 0 Å². The van der Waals surface area contributed by atoms with Crippen LogP contribution in [0.1, 0.15) is 21.1 Å². The highest BCUT2D eigenvalue weighted by Crippen LogP contribution is 2.21. The summed E-state index contributed by atoms with van der Waals surface area (Å²) in [4.78, 5) is 47.3. The number of esters is 1. The fraction of sp³-hybridized carbons (Fsp3) is 0.111. The average Bonchev–Trinajstić information content (AvgIpc) is 3.34. The number of aromatic amines is 2. The fourth-order valence-corrected chi connectivity index (χ4v) is 3.55. The third-order valence-corrected chi connectivity index (χ3v) is 4.98. The van der Waals surface area contributed by atoms with Crippen molar-refractivity contribution in [2.45, 2.75) is 13.2 Å². The summed E-state index contributed by atoms with van der Waals surface area (Å²) < 4.78 is 6.32. The predicted octanol–water partition coefficient (Wildman–Crippen LogP) is 1.88. The molecule has 27 heavy (non-hydrogen) atoms. The molecule has 4 rings (SSSR count). The summed E-state index contributed by atoms with van der Waals surface area (Å²) >= 11 is 1.02. The first-order valence-corrected chi connectivity index (χ1v) is 8.89. The third kappa shape index (κ3) is 3.44. The third-order valence-electron chi connectivity index (χ3n) is 3.95. The second-order valence-electron chi connectivity index (χ2n) is 5.77. The normalized spacial score (nSPS) is 11.0. The molecule has 0 spiro atoms. The first kappa shape index (κ1) is 17.0. The number of carbonyl (C=O) groups excluding carboxylic acids is 1. The number of thiophene rings is 1. The zero-order valence-corrected chi connectivity index (χ0v) is 14.8. The van der Waals surface area contributed by atoms with Gasteiger partial charge in [0.1, 0.15) is 22.1 Å². The number of nitrogens with zero attached hydrogens (tertiary/aromatic N) is 2. The molecule has 0 atom stereocenters. The van der Waals surface area contributed by atoms with Gasteiger partial charge in [-0.2, -0.15) is 0 Å². The number of H-pyrrole nitrogens is 2. The minimum Gasteiger partial charge on any atom is -0.457 e. The van der Waals surface area contributed by atoms with Crippen LogP contribution in [0, 0.1) is 0 Å². The van der Waals surface area contributed by atoms with Gasteiger partial charge in [-0.05, 0) is 11.6 Å². The Morgan fingerprint density at radius 2 is 2.04 bits per heavy atom. The molecule has 0 fully saturated rings. The number of imidazole rings is 1. The van der Waals surface area contributed by atoms with E-state index in [-0.39, 0.29) is 23.4 Å². The van der Waals surface area contributed by atoms with Gasteiger partial charge in [0, 0.05) is 12.4 Å². The van der Waals surface area contributed by atoms with Crippen LogP contribution in [0.25, 0.3) is 10.2 Å². The van der Waals surface area contributed by atoms with Crippen LogP contribution >= 0.6 is 11.3 Å². The van der Waals surface area contributed by atoms with E-state index in [1.807, 2.05) is 30.3 Å². The molecule has 0 aliphatic heterocycles. The highest BCUT2D eigenvalue weighted by molar-refractivity contribution is 7.20. The Hall–Kier alpha value is -3.46. The maximum atomic E-state index is 12.6. The van der Waals surface area contributed by atoms with Crippen LogP contribution in [0.3, 0.4) is 0 Å². The van der Waals surface area contributed by atoms with Gasteiger partial charge in [0.2, 0.25) is 0 Å². The SMILES string of the molecule is O=C(OCc1ccccc1)c1cc2c(=O)n(Cc3ncc[nH]3)c(=O)[nH]c2s1. The number of aromatic nitrogens is 4. The molecule has 2 N–H and O–H groups in total. The van der Waals surface area contributed by atoms with Crippen molar-refractivity contribution in [3.63, 3.8) is 0 Å². The number of fused-ring (bicyclic) bond motifs is 1. The molecule has 0 saturated heterocycles. The van der Waals surface area contributed by atoms with E-state index < -0.39 is 17.2 Å². The van der Waals surface area contributed by atoms with Gasteiger partial charge in [-0.25, -0.2) is 14.6 Å². The van der Waals surface area contributed by atoms with Gasteiger partial charge in [0.25, 0.3) is 5.56 Å². The zero-order valence-electron chi connectivity index (χ0n) is 14.0. The van der Waals surface area contributed by atoms with E-state index in [9.17, 15) is 14.4 Å². The van der Waals surface area contributed by atoms with Crippen molar-refractivity contribution < 1.29 is 9.53 Å². The molecule has 0 bridgehead atoms. The van der Waals surface area contributed by atoms with Crippen LogP contribution in [-0.4, -0.2) is 25.5 Å². The molecule has 9 heteroatoms. The second kappa shape index (κ2) is 7.04. The van der Waals surface area contributed by atoms with E-state index in [1.54, 1.807) is 12.4 Å². The zero-order chi connectivity index (χ0) is 18.8. The van der Waals surface area contributed by atoms with Crippen LogP contribution in [0.4, 0.5) is 0 Å². The lowest BCUT2D eigenvalue weighted by atomic mass is 10.2. The van der Waals surface area contributed by atoms with E-state index >= 15 is 0 Å². The number of carbonyl (C=O) groups is 1. The summed E-state index contributed by atoms with van der Waals surface area (Å²) in [5, 5.41) is 0.262. The van der Waals surface area contributed by atoms with E-state index in [2.05, 4.69) is 15.0 Å². The molecule has 0 unspecified atom stereocenters. The number of rotatable bonds is 5. The molecule has 0 saturated carbocycles. The van der Waals surface area contributed by atoms with Crippen LogP contribution in [-0.2, 0) is 17.9 Å². The molecule has 3 aromatic heterocycles. The monoisotopic (exact) mass is 382 g/mol.